The van der Waals surface area contributed by atoms with E-state index in [-0.39, 0.29) is 5.91 Å². The van der Waals surface area contributed by atoms with Crippen LogP contribution in [0.4, 0.5) is 5.69 Å². The lowest BCUT2D eigenvalue weighted by molar-refractivity contribution is 0.0954. The van der Waals surface area contributed by atoms with Gasteiger partial charge in [0.15, 0.2) is 5.82 Å². The van der Waals surface area contributed by atoms with Gasteiger partial charge < -0.3 is 10.2 Å². The second-order valence-corrected chi connectivity index (χ2v) is 6.34. The summed E-state index contributed by atoms with van der Waals surface area (Å²) in [6.07, 6.45) is 3.14. The molecule has 0 bridgehead atoms. The average Bonchev–Trinajstić information content (AvgIpc) is 2.72. The first-order chi connectivity index (χ1) is 13.2. The van der Waals surface area contributed by atoms with E-state index in [1.54, 1.807) is 12.4 Å². The SMILES string of the molecule is CCN(CCNC(=O)c1cnc(-c2ccccc2)nc1)c1cccc(C)c1. The van der Waals surface area contributed by atoms with E-state index >= 15 is 0 Å². The molecule has 0 fully saturated rings. The van der Waals surface area contributed by atoms with Gasteiger partial charge in [-0.15, -0.1) is 0 Å². The number of amides is 1. The predicted octanol–water partition coefficient (Wildman–Crippen LogP) is 3.71. The van der Waals surface area contributed by atoms with Gasteiger partial charge in [0.25, 0.3) is 5.91 Å². The molecule has 0 saturated carbocycles. The number of aryl methyl sites for hydroxylation is 1. The van der Waals surface area contributed by atoms with Gasteiger partial charge in [0.05, 0.1) is 5.56 Å². The molecule has 1 N–H and O–H groups in total. The van der Waals surface area contributed by atoms with Crippen LogP contribution in [0.2, 0.25) is 0 Å². The lowest BCUT2D eigenvalue weighted by Gasteiger charge is -2.23. The van der Waals surface area contributed by atoms with Gasteiger partial charge in [0, 0.05) is 43.3 Å². The maximum Gasteiger partial charge on any atom is 0.254 e. The van der Waals surface area contributed by atoms with E-state index in [0.717, 1.165) is 18.7 Å². The number of likely N-dealkylation sites (N-methyl/N-ethyl adjacent to an activating group) is 1. The Morgan fingerprint density at radius 3 is 2.44 bits per heavy atom. The summed E-state index contributed by atoms with van der Waals surface area (Å²) < 4.78 is 0. The summed E-state index contributed by atoms with van der Waals surface area (Å²) in [5.41, 5.74) is 3.79. The van der Waals surface area contributed by atoms with Crippen molar-refractivity contribution in [3.05, 3.63) is 78.1 Å². The van der Waals surface area contributed by atoms with Crippen LogP contribution in [-0.2, 0) is 0 Å². The first kappa shape index (κ1) is 18.6. The highest BCUT2D eigenvalue weighted by molar-refractivity contribution is 5.93. The van der Waals surface area contributed by atoms with Crippen LogP contribution in [0.1, 0.15) is 22.8 Å². The van der Waals surface area contributed by atoms with Crippen molar-refractivity contribution in [2.75, 3.05) is 24.5 Å². The molecule has 27 heavy (non-hydrogen) atoms. The predicted molar refractivity (Wildman–Crippen MR) is 109 cm³/mol. The fourth-order valence-electron chi connectivity index (χ4n) is 2.88. The molecule has 0 aliphatic rings. The number of hydrogen-bond acceptors (Lipinski definition) is 4. The molecular formula is C22H24N4O. The van der Waals surface area contributed by atoms with Crippen molar-refractivity contribution in [3.63, 3.8) is 0 Å². The number of nitrogens with zero attached hydrogens (tertiary/aromatic N) is 3. The Hall–Kier alpha value is -3.21. The van der Waals surface area contributed by atoms with Gasteiger partial charge in [-0.25, -0.2) is 9.97 Å². The minimum absolute atomic E-state index is 0.157. The molecule has 0 aliphatic heterocycles. The molecular weight excluding hydrogens is 336 g/mol. The van der Waals surface area contributed by atoms with Crippen molar-refractivity contribution in [2.45, 2.75) is 13.8 Å². The Balaban J connectivity index is 1.56. The van der Waals surface area contributed by atoms with Gasteiger partial charge in [-0.3, -0.25) is 4.79 Å². The van der Waals surface area contributed by atoms with Crippen LogP contribution in [0.3, 0.4) is 0 Å². The third kappa shape index (κ3) is 4.91. The Labute approximate surface area is 160 Å². The molecule has 0 atom stereocenters. The fourth-order valence-corrected chi connectivity index (χ4v) is 2.88. The van der Waals surface area contributed by atoms with E-state index in [0.29, 0.717) is 17.9 Å². The number of anilines is 1. The summed E-state index contributed by atoms with van der Waals surface area (Å²) in [4.78, 5) is 23.2. The molecule has 0 spiro atoms. The van der Waals surface area contributed by atoms with Crippen LogP contribution in [0, 0.1) is 6.92 Å². The summed E-state index contributed by atoms with van der Waals surface area (Å²) in [6, 6.07) is 18.1. The number of rotatable bonds is 7. The number of aromatic nitrogens is 2. The van der Waals surface area contributed by atoms with E-state index in [1.807, 2.05) is 30.3 Å². The van der Waals surface area contributed by atoms with Crippen LogP contribution in [0.15, 0.2) is 67.0 Å². The molecule has 3 aromatic rings. The van der Waals surface area contributed by atoms with E-state index in [9.17, 15) is 4.79 Å². The molecule has 0 radical (unpaired) electrons. The standard InChI is InChI=1S/C22H24N4O/c1-3-26(20-11-7-8-17(2)14-20)13-12-23-22(27)19-15-24-21(25-16-19)18-9-5-4-6-10-18/h4-11,14-16H,3,12-13H2,1-2H3,(H,23,27). The van der Waals surface area contributed by atoms with Gasteiger partial charge in [-0.05, 0) is 31.5 Å². The number of benzene rings is 2. The quantitative estimate of drug-likeness (QED) is 0.698. The Morgan fingerprint density at radius 1 is 1.04 bits per heavy atom. The summed E-state index contributed by atoms with van der Waals surface area (Å²) in [7, 11) is 0. The van der Waals surface area contributed by atoms with Gasteiger partial charge in [0.1, 0.15) is 0 Å². The van der Waals surface area contributed by atoms with E-state index in [1.165, 1.54) is 11.3 Å². The first-order valence-electron chi connectivity index (χ1n) is 9.14. The third-order valence-corrected chi connectivity index (χ3v) is 4.36. The largest absolute Gasteiger partial charge is 0.370 e. The number of nitrogens with one attached hydrogen (secondary N) is 1. The zero-order valence-electron chi connectivity index (χ0n) is 15.7. The normalized spacial score (nSPS) is 10.4. The molecule has 1 heterocycles. The van der Waals surface area contributed by atoms with Crippen molar-refractivity contribution in [1.29, 1.82) is 0 Å². The third-order valence-electron chi connectivity index (χ3n) is 4.36. The minimum atomic E-state index is -0.157. The van der Waals surface area contributed by atoms with Crippen LogP contribution in [0.25, 0.3) is 11.4 Å². The fraction of sp³-hybridized carbons (Fsp3) is 0.227. The highest BCUT2D eigenvalue weighted by Crippen LogP contribution is 2.15. The summed E-state index contributed by atoms with van der Waals surface area (Å²) in [5.74, 6) is 0.457. The number of carbonyl (C=O) groups excluding carboxylic acids is 1. The number of carbonyl (C=O) groups is 1. The second kappa shape index (κ2) is 8.94. The Morgan fingerprint density at radius 2 is 1.78 bits per heavy atom. The molecule has 0 unspecified atom stereocenters. The summed E-state index contributed by atoms with van der Waals surface area (Å²) in [5, 5.41) is 2.95. The van der Waals surface area contributed by atoms with Crippen molar-refractivity contribution in [3.8, 4) is 11.4 Å². The van der Waals surface area contributed by atoms with Gasteiger partial charge in [0.2, 0.25) is 0 Å². The molecule has 1 aromatic heterocycles. The Bertz CT molecular complexity index is 878. The topological polar surface area (TPSA) is 58.1 Å². The van der Waals surface area contributed by atoms with Crippen molar-refractivity contribution in [2.24, 2.45) is 0 Å². The zero-order valence-corrected chi connectivity index (χ0v) is 15.7. The van der Waals surface area contributed by atoms with Crippen molar-refractivity contribution in [1.82, 2.24) is 15.3 Å². The van der Waals surface area contributed by atoms with Crippen molar-refractivity contribution >= 4 is 11.6 Å². The monoisotopic (exact) mass is 360 g/mol. The minimum Gasteiger partial charge on any atom is -0.370 e. The second-order valence-electron chi connectivity index (χ2n) is 6.34. The summed E-state index contributed by atoms with van der Waals surface area (Å²) >= 11 is 0. The van der Waals surface area contributed by atoms with Gasteiger partial charge >= 0.3 is 0 Å². The van der Waals surface area contributed by atoms with Crippen LogP contribution < -0.4 is 10.2 Å². The maximum absolute atomic E-state index is 12.3. The van der Waals surface area contributed by atoms with E-state index < -0.39 is 0 Å². The molecule has 2 aromatic carbocycles. The number of hydrogen-bond donors (Lipinski definition) is 1. The molecule has 138 valence electrons. The average molecular weight is 360 g/mol. The molecule has 0 saturated heterocycles. The summed E-state index contributed by atoms with van der Waals surface area (Å²) in [6.45, 7) is 6.38. The molecule has 5 nitrogen and oxygen atoms in total. The zero-order chi connectivity index (χ0) is 19.1. The lowest BCUT2D eigenvalue weighted by Crippen LogP contribution is -2.35. The van der Waals surface area contributed by atoms with Crippen LogP contribution in [0.5, 0.6) is 0 Å². The van der Waals surface area contributed by atoms with E-state index in [4.69, 9.17) is 0 Å². The first-order valence-corrected chi connectivity index (χ1v) is 9.14. The van der Waals surface area contributed by atoms with Gasteiger partial charge in [-0.2, -0.15) is 0 Å². The van der Waals surface area contributed by atoms with Crippen molar-refractivity contribution < 1.29 is 4.79 Å². The van der Waals surface area contributed by atoms with Gasteiger partial charge in [-0.1, -0.05) is 42.5 Å². The smallest absolute Gasteiger partial charge is 0.254 e. The van der Waals surface area contributed by atoms with Crippen LogP contribution in [-0.4, -0.2) is 35.5 Å². The molecule has 1 amide bonds. The Kier molecular flexibility index (Phi) is 6.15. The highest BCUT2D eigenvalue weighted by atomic mass is 16.1. The molecule has 5 heteroatoms. The lowest BCUT2D eigenvalue weighted by atomic mass is 10.2. The maximum atomic E-state index is 12.3. The molecule has 0 aliphatic carbocycles. The highest BCUT2D eigenvalue weighted by Gasteiger charge is 2.09. The van der Waals surface area contributed by atoms with Crippen LogP contribution >= 0.6 is 0 Å². The van der Waals surface area contributed by atoms with E-state index in [2.05, 4.69) is 58.3 Å². The molecule has 3 rings (SSSR count).